The Morgan fingerprint density at radius 2 is 1.65 bits per heavy atom. The molecular formula is C31H41FN2O6. The van der Waals surface area contributed by atoms with Gasteiger partial charge in [-0.3, -0.25) is 4.79 Å². The summed E-state index contributed by atoms with van der Waals surface area (Å²) < 4.78 is 36.1. The highest BCUT2D eigenvalue weighted by Crippen LogP contribution is 2.31. The van der Waals surface area contributed by atoms with Crippen LogP contribution in [0.1, 0.15) is 52.0 Å². The van der Waals surface area contributed by atoms with Gasteiger partial charge in [0.2, 0.25) is 5.91 Å². The van der Waals surface area contributed by atoms with Gasteiger partial charge in [-0.2, -0.15) is 0 Å². The third kappa shape index (κ3) is 8.34. The van der Waals surface area contributed by atoms with E-state index in [4.69, 9.17) is 18.9 Å². The second-order valence-electron chi connectivity index (χ2n) is 11.5. The van der Waals surface area contributed by atoms with Crippen molar-refractivity contribution in [3.05, 3.63) is 59.9 Å². The number of carbonyl (C=O) groups excluding carboxylic acids is 2. The molecule has 8 nitrogen and oxygen atoms in total. The largest absolute Gasteiger partial charge is 0.497 e. The van der Waals surface area contributed by atoms with Gasteiger partial charge in [0.15, 0.2) is 0 Å². The average molecular weight is 557 g/mol. The number of hydrogen-bond donors (Lipinski definition) is 0. The lowest BCUT2D eigenvalue weighted by Crippen LogP contribution is -2.51. The summed E-state index contributed by atoms with van der Waals surface area (Å²) >= 11 is 0. The summed E-state index contributed by atoms with van der Waals surface area (Å²) in [4.78, 5) is 30.2. The van der Waals surface area contributed by atoms with Gasteiger partial charge in [-0.15, -0.1) is 0 Å². The third-order valence-electron chi connectivity index (χ3n) is 7.33. The number of carbonyl (C=O) groups is 2. The van der Waals surface area contributed by atoms with E-state index in [1.807, 2.05) is 49.9 Å². The highest BCUT2D eigenvalue weighted by atomic mass is 19.1. The summed E-state index contributed by atoms with van der Waals surface area (Å²) in [6, 6.07) is 13.5. The monoisotopic (exact) mass is 556 g/mol. The zero-order valence-electron chi connectivity index (χ0n) is 23.9. The molecule has 40 heavy (non-hydrogen) atoms. The van der Waals surface area contributed by atoms with Crippen molar-refractivity contribution in [2.24, 2.45) is 5.92 Å². The van der Waals surface area contributed by atoms with E-state index in [-0.39, 0.29) is 35.9 Å². The maximum absolute atomic E-state index is 13.4. The van der Waals surface area contributed by atoms with Crippen LogP contribution in [0.15, 0.2) is 48.5 Å². The molecule has 4 rings (SSSR count). The van der Waals surface area contributed by atoms with Crippen molar-refractivity contribution in [3.63, 3.8) is 0 Å². The first-order valence-electron chi connectivity index (χ1n) is 14.0. The van der Waals surface area contributed by atoms with Gasteiger partial charge in [-0.1, -0.05) is 12.1 Å². The molecule has 1 heterocycles. The Balaban J connectivity index is 1.31. The van der Waals surface area contributed by atoms with Crippen LogP contribution in [0.3, 0.4) is 0 Å². The van der Waals surface area contributed by atoms with Crippen LogP contribution in [-0.2, 0) is 20.8 Å². The fourth-order valence-corrected chi connectivity index (χ4v) is 5.22. The summed E-state index contributed by atoms with van der Waals surface area (Å²) in [5.74, 6) is 1.21. The highest BCUT2D eigenvalue weighted by molar-refractivity contribution is 5.79. The molecule has 0 N–H and O–H groups in total. The molecule has 1 aliphatic carbocycles. The van der Waals surface area contributed by atoms with Gasteiger partial charge in [0.1, 0.15) is 35.6 Å². The average Bonchev–Trinajstić information content (AvgIpc) is 2.95. The summed E-state index contributed by atoms with van der Waals surface area (Å²) in [6.07, 6.45) is 2.19. The maximum Gasteiger partial charge on any atom is 0.410 e. The lowest BCUT2D eigenvalue weighted by molar-refractivity contribution is -0.145. The number of rotatable bonds is 8. The van der Waals surface area contributed by atoms with Crippen molar-refractivity contribution in [2.45, 2.75) is 70.7 Å². The number of halogens is 1. The molecular weight excluding hydrogens is 515 g/mol. The quantitative estimate of drug-likeness (QED) is 0.431. The second kappa shape index (κ2) is 13.4. The van der Waals surface area contributed by atoms with E-state index in [2.05, 4.69) is 0 Å². The smallest absolute Gasteiger partial charge is 0.410 e. The minimum atomic E-state index is -0.630. The molecule has 2 aromatic rings. The van der Waals surface area contributed by atoms with Gasteiger partial charge in [-0.25, -0.2) is 9.18 Å². The Morgan fingerprint density at radius 3 is 2.27 bits per heavy atom. The molecule has 218 valence electrons. The second-order valence-corrected chi connectivity index (χ2v) is 11.5. The van der Waals surface area contributed by atoms with E-state index >= 15 is 0 Å². The van der Waals surface area contributed by atoms with Gasteiger partial charge in [0, 0.05) is 25.0 Å². The number of amides is 2. The maximum atomic E-state index is 13.4. The fraction of sp³-hybridized carbons (Fsp3) is 0.548. The van der Waals surface area contributed by atoms with Crippen LogP contribution in [0.4, 0.5) is 9.18 Å². The van der Waals surface area contributed by atoms with Gasteiger partial charge >= 0.3 is 6.09 Å². The van der Waals surface area contributed by atoms with Crippen LogP contribution in [0, 0.1) is 11.7 Å². The molecule has 2 aromatic carbocycles. The van der Waals surface area contributed by atoms with Crippen molar-refractivity contribution in [3.8, 4) is 11.5 Å². The number of methoxy groups -OCH3 is 1. The molecule has 1 atom stereocenters. The summed E-state index contributed by atoms with van der Waals surface area (Å²) in [7, 11) is 1.62. The van der Waals surface area contributed by atoms with Crippen molar-refractivity contribution >= 4 is 12.0 Å². The van der Waals surface area contributed by atoms with Crippen molar-refractivity contribution in [1.29, 1.82) is 0 Å². The van der Waals surface area contributed by atoms with E-state index < -0.39 is 5.60 Å². The first-order chi connectivity index (χ1) is 19.1. The number of nitrogens with zero attached hydrogens (tertiary/aromatic N) is 2. The summed E-state index contributed by atoms with van der Waals surface area (Å²) in [5, 5.41) is 0. The van der Waals surface area contributed by atoms with Gasteiger partial charge in [-0.05, 0) is 88.4 Å². The molecule has 2 fully saturated rings. The lowest BCUT2D eigenvalue weighted by Gasteiger charge is -2.39. The fourth-order valence-electron chi connectivity index (χ4n) is 5.22. The predicted octanol–water partition coefficient (Wildman–Crippen LogP) is 5.44. The highest BCUT2D eigenvalue weighted by Gasteiger charge is 2.36. The van der Waals surface area contributed by atoms with Gasteiger partial charge in [0.05, 0.1) is 20.3 Å². The molecule has 1 saturated heterocycles. The molecule has 9 heteroatoms. The van der Waals surface area contributed by atoms with Crippen LogP contribution in [0.2, 0.25) is 0 Å². The Labute approximate surface area is 236 Å². The predicted molar refractivity (Wildman–Crippen MR) is 149 cm³/mol. The Bertz CT molecular complexity index is 1110. The minimum absolute atomic E-state index is 0.0562. The van der Waals surface area contributed by atoms with E-state index in [1.165, 1.54) is 12.1 Å². The Morgan fingerprint density at radius 1 is 1.00 bits per heavy atom. The van der Waals surface area contributed by atoms with Crippen LogP contribution < -0.4 is 9.47 Å². The molecule has 1 aliphatic heterocycles. The van der Waals surface area contributed by atoms with E-state index in [0.29, 0.717) is 58.5 Å². The standard InChI is InChI=1S/C31H41FN2O6/c1-31(2,3)40-30(36)34(19-22-5-9-24(32)10-6-22)25-11-7-23(8-12-25)29(35)33-17-18-38-28(20-33)21-39-27-15-13-26(37-4)14-16-27/h5-6,9-10,13-16,23,25,28H,7-8,11-12,17-21H2,1-4H3/t23?,25?,28-/m0/s1. The van der Waals surface area contributed by atoms with Crippen molar-refractivity contribution in [2.75, 3.05) is 33.4 Å². The Hall–Kier alpha value is -3.33. The number of ether oxygens (including phenoxy) is 4. The molecule has 0 bridgehead atoms. The van der Waals surface area contributed by atoms with Crippen LogP contribution in [0.5, 0.6) is 11.5 Å². The van der Waals surface area contributed by atoms with Crippen LogP contribution in [-0.4, -0.2) is 73.0 Å². The minimum Gasteiger partial charge on any atom is -0.497 e. The van der Waals surface area contributed by atoms with E-state index in [1.54, 1.807) is 24.1 Å². The molecule has 0 spiro atoms. The molecule has 2 aliphatic rings. The summed E-state index contributed by atoms with van der Waals surface area (Å²) in [6.45, 7) is 7.74. The van der Waals surface area contributed by atoms with E-state index in [9.17, 15) is 14.0 Å². The molecule has 2 amide bonds. The van der Waals surface area contributed by atoms with Crippen molar-refractivity contribution in [1.82, 2.24) is 9.80 Å². The van der Waals surface area contributed by atoms with Crippen LogP contribution >= 0.6 is 0 Å². The number of morpholine rings is 1. The molecule has 0 aromatic heterocycles. The number of benzene rings is 2. The van der Waals surface area contributed by atoms with Gasteiger partial charge < -0.3 is 28.7 Å². The molecule has 0 unspecified atom stereocenters. The normalized spacial score (nSPS) is 21.4. The van der Waals surface area contributed by atoms with E-state index in [0.717, 1.165) is 17.1 Å². The summed E-state index contributed by atoms with van der Waals surface area (Å²) in [5.41, 5.74) is 0.205. The first-order valence-corrected chi connectivity index (χ1v) is 14.0. The first kappa shape index (κ1) is 29.6. The lowest BCUT2D eigenvalue weighted by atomic mass is 9.84. The third-order valence-corrected chi connectivity index (χ3v) is 7.33. The van der Waals surface area contributed by atoms with Crippen LogP contribution in [0.25, 0.3) is 0 Å². The number of hydrogen-bond acceptors (Lipinski definition) is 6. The zero-order chi connectivity index (χ0) is 28.7. The van der Waals surface area contributed by atoms with Crippen molar-refractivity contribution < 1.29 is 32.9 Å². The van der Waals surface area contributed by atoms with Gasteiger partial charge in [0.25, 0.3) is 0 Å². The topological polar surface area (TPSA) is 77.5 Å². The molecule has 1 saturated carbocycles. The SMILES string of the molecule is COc1ccc(OC[C@@H]2CN(C(=O)C3CCC(N(Cc4ccc(F)cc4)C(=O)OC(C)(C)C)CC3)CCO2)cc1. The zero-order valence-corrected chi connectivity index (χ0v) is 23.9. The Kier molecular flexibility index (Phi) is 9.90. The molecule has 0 radical (unpaired) electrons.